The van der Waals surface area contributed by atoms with Crippen LogP contribution in [0.5, 0.6) is 0 Å². The Labute approximate surface area is 158 Å². The minimum atomic E-state index is -4.55. The molecule has 0 amide bonds. The molecule has 3 heterocycles. The van der Waals surface area contributed by atoms with Gasteiger partial charge in [0.1, 0.15) is 22.6 Å². The fraction of sp³-hybridized carbons (Fsp3) is 0.316. The molecule has 0 unspecified atom stereocenters. The summed E-state index contributed by atoms with van der Waals surface area (Å²) in [4.78, 5) is 8.42. The first-order valence-corrected chi connectivity index (χ1v) is 8.58. The summed E-state index contributed by atoms with van der Waals surface area (Å²) in [5.41, 5.74) is 1.07. The number of fused-ring (bicyclic) bond motifs is 2. The van der Waals surface area contributed by atoms with Crippen molar-refractivity contribution in [2.45, 2.75) is 32.5 Å². The second-order valence-corrected chi connectivity index (χ2v) is 7.12. The number of alkyl halides is 3. The van der Waals surface area contributed by atoms with E-state index in [2.05, 4.69) is 20.2 Å². The van der Waals surface area contributed by atoms with Crippen molar-refractivity contribution in [1.29, 1.82) is 0 Å². The molecular weight excluding hydrogens is 371 g/mol. The summed E-state index contributed by atoms with van der Waals surface area (Å²) < 4.78 is 47.0. The monoisotopic (exact) mass is 389 g/mol. The molecule has 0 aliphatic rings. The Kier molecular flexibility index (Phi) is 3.97. The van der Waals surface area contributed by atoms with Crippen LogP contribution in [-0.4, -0.2) is 31.8 Å². The molecule has 0 spiro atoms. The van der Waals surface area contributed by atoms with Gasteiger partial charge in [-0.25, -0.2) is 9.97 Å². The zero-order chi connectivity index (χ0) is 20.3. The number of halogens is 3. The fourth-order valence-corrected chi connectivity index (χ4v) is 3.20. The molecule has 28 heavy (non-hydrogen) atoms. The van der Waals surface area contributed by atoms with E-state index in [9.17, 15) is 13.2 Å². The van der Waals surface area contributed by atoms with Crippen LogP contribution in [0.15, 0.2) is 30.5 Å². The number of aromatic amines is 1. The van der Waals surface area contributed by atoms with Crippen LogP contribution in [0.4, 0.5) is 13.2 Å². The number of aryl methyl sites for hydroxylation is 1. The van der Waals surface area contributed by atoms with Crippen LogP contribution in [0.2, 0.25) is 0 Å². The summed E-state index contributed by atoms with van der Waals surface area (Å²) in [7, 11) is 1.53. The van der Waals surface area contributed by atoms with Gasteiger partial charge in [-0.2, -0.15) is 18.3 Å². The number of nitrogens with zero attached hydrogens (tertiary/aromatic N) is 4. The molecule has 9 heteroatoms. The number of aromatic nitrogens is 5. The molecule has 1 N–H and O–H groups in total. The maximum absolute atomic E-state index is 13.3. The van der Waals surface area contributed by atoms with E-state index >= 15 is 0 Å². The summed E-state index contributed by atoms with van der Waals surface area (Å²) in [6, 6.07) is 5.97. The van der Waals surface area contributed by atoms with Crippen molar-refractivity contribution < 1.29 is 17.9 Å². The van der Waals surface area contributed by atoms with Crippen molar-refractivity contribution in [2.24, 2.45) is 0 Å². The van der Waals surface area contributed by atoms with Gasteiger partial charge in [0.2, 0.25) is 0 Å². The smallest absolute Gasteiger partial charge is 0.371 e. The van der Waals surface area contributed by atoms with Gasteiger partial charge in [-0.3, -0.25) is 9.67 Å². The van der Waals surface area contributed by atoms with Crippen molar-refractivity contribution in [3.63, 3.8) is 0 Å². The molecule has 0 atom stereocenters. The molecule has 0 saturated carbocycles. The molecule has 0 aliphatic carbocycles. The standard InChI is InChI=1S/C19H18F3N5O/c1-10-7-12(8-11-9-23-26-15(10)11)27-16-13(24-17(27)18(2,3)28-4)5-6-14(25-16)19(20,21)22/h5-9H,1-4H3,(H,23,26). The lowest BCUT2D eigenvalue weighted by atomic mass is 10.1. The normalized spacial score (nSPS) is 13.0. The van der Waals surface area contributed by atoms with Crippen molar-refractivity contribution in [3.05, 3.63) is 47.5 Å². The summed E-state index contributed by atoms with van der Waals surface area (Å²) in [5, 5.41) is 7.80. The molecule has 1 aromatic carbocycles. The number of rotatable bonds is 3. The molecule has 0 fully saturated rings. The zero-order valence-corrected chi connectivity index (χ0v) is 15.7. The first kappa shape index (κ1) is 18.4. The number of hydrogen-bond donors (Lipinski definition) is 1. The first-order chi connectivity index (χ1) is 13.1. The minimum Gasteiger partial charge on any atom is -0.371 e. The lowest BCUT2D eigenvalue weighted by Gasteiger charge is -2.23. The van der Waals surface area contributed by atoms with Gasteiger partial charge in [0.05, 0.1) is 17.4 Å². The quantitative estimate of drug-likeness (QED) is 0.560. The summed E-state index contributed by atoms with van der Waals surface area (Å²) in [6.07, 6.45) is -2.88. The number of nitrogens with one attached hydrogen (secondary N) is 1. The molecule has 0 aliphatic heterocycles. The van der Waals surface area contributed by atoms with Gasteiger partial charge in [0, 0.05) is 12.5 Å². The van der Waals surface area contributed by atoms with Gasteiger partial charge < -0.3 is 4.74 Å². The lowest BCUT2D eigenvalue weighted by molar-refractivity contribution is -0.141. The number of pyridine rings is 1. The van der Waals surface area contributed by atoms with E-state index in [1.807, 2.05) is 19.1 Å². The maximum atomic E-state index is 13.3. The third kappa shape index (κ3) is 2.82. The Morgan fingerprint density at radius 2 is 1.86 bits per heavy atom. The number of H-pyrrole nitrogens is 1. The highest BCUT2D eigenvalue weighted by Gasteiger charge is 2.35. The Hall–Kier alpha value is -2.94. The Morgan fingerprint density at radius 3 is 2.54 bits per heavy atom. The summed E-state index contributed by atoms with van der Waals surface area (Å²) in [5.74, 6) is 0.457. The topological polar surface area (TPSA) is 68.6 Å². The molecule has 0 saturated heterocycles. The predicted molar refractivity (Wildman–Crippen MR) is 98.3 cm³/mol. The molecule has 4 rings (SSSR count). The van der Waals surface area contributed by atoms with Crippen LogP contribution in [0.1, 0.15) is 30.9 Å². The molecule has 3 aromatic heterocycles. The average Bonchev–Trinajstić information content (AvgIpc) is 3.25. The van der Waals surface area contributed by atoms with E-state index in [4.69, 9.17) is 4.74 Å². The number of methoxy groups -OCH3 is 1. The maximum Gasteiger partial charge on any atom is 0.433 e. The Bertz CT molecular complexity index is 1190. The van der Waals surface area contributed by atoms with Crippen LogP contribution >= 0.6 is 0 Å². The van der Waals surface area contributed by atoms with E-state index in [0.717, 1.165) is 22.5 Å². The molecule has 0 bridgehead atoms. The van der Waals surface area contributed by atoms with E-state index in [1.54, 1.807) is 24.6 Å². The van der Waals surface area contributed by atoms with Crippen LogP contribution in [0.3, 0.4) is 0 Å². The number of ether oxygens (including phenoxy) is 1. The van der Waals surface area contributed by atoms with Gasteiger partial charge in [-0.05, 0) is 50.6 Å². The fourth-order valence-electron chi connectivity index (χ4n) is 3.20. The highest BCUT2D eigenvalue weighted by molar-refractivity contribution is 5.85. The van der Waals surface area contributed by atoms with Crippen LogP contribution < -0.4 is 0 Å². The third-order valence-corrected chi connectivity index (χ3v) is 4.83. The summed E-state index contributed by atoms with van der Waals surface area (Å²) >= 11 is 0. The van der Waals surface area contributed by atoms with Crippen molar-refractivity contribution >= 4 is 22.1 Å². The van der Waals surface area contributed by atoms with E-state index < -0.39 is 17.5 Å². The molecule has 0 radical (unpaired) electrons. The number of benzene rings is 1. The highest BCUT2D eigenvalue weighted by Crippen LogP contribution is 2.34. The average molecular weight is 389 g/mol. The molecule has 4 aromatic rings. The van der Waals surface area contributed by atoms with Gasteiger partial charge in [0.25, 0.3) is 0 Å². The predicted octanol–water partition coefficient (Wildman–Crippen LogP) is 4.51. The first-order valence-electron chi connectivity index (χ1n) is 8.58. The van der Waals surface area contributed by atoms with E-state index in [0.29, 0.717) is 17.0 Å². The second kappa shape index (κ2) is 6.03. The Morgan fingerprint density at radius 1 is 1.11 bits per heavy atom. The molecule has 6 nitrogen and oxygen atoms in total. The van der Waals surface area contributed by atoms with Gasteiger partial charge in [-0.15, -0.1) is 0 Å². The number of imidazole rings is 1. The lowest BCUT2D eigenvalue weighted by Crippen LogP contribution is -2.24. The van der Waals surface area contributed by atoms with E-state index in [-0.39, 0.29) is 5.65 Å². The Balaban J connectivity index is 2.09. The SMILES string of the molecule is COC(C)(C)c1nc2ccc(C(F)(F)F)nc2n1-c1cc(C)c2[nH]ncc2c1. The van der Waals surface area contributed by atoms with Crippen molar-refractivity contribution in [2.75, 3.05) is 7.11 Å². The third-order valence-electron chi connectivity index (χ3n) is 4.83. The number of hydrogen-bond acceptors (Lipinski definition) is 4. The van der Waals surface area contributed by atoms with Gasteiger partial charge in [0.15, 0.2) is 5.65 Å². The van der Waals surface area contributed by atoms with Crippen molar-refractivity contribution in [3.8, 4) is 5.69 Å². The summed E-state index contributed by atoms with van der Waals surface area (Å²) in [6.45, 7) is 5.51. The highest BCUT2D eigenvalue weighted by atomic mass is 19.4. The molecule has 146 valence electrons. The minimum absolute atomic E-state index is 0.122. The zero-order valence-electron chi connectivity index (χ0n) is 15.7. The van der Waals surface area contributed by atoms with Crippen LogP contribution in [0, 0.1) is 6.92 Å². The van der Waals surface area contributed by atoms with Crippen molar-refractivity contribution in [1.82, 2.24) is 24.7 Å². The van der Waals surface area contributed by atoms with Crippen LogP contribution in [-0.2, 0) is 16.5 Å². The molecular formula is C19H18F3N5O. The van der Waals surface area contributed by atoms with Gasteiger partial charge >= 0.3 is 6.18 Å². The van der Waals surface area contributed by atoms with Gasteiger partial charge in [-0.1, -0.05) is 0 Å². The van der Waals surface area contributed by atoms with Crippen LogP contribution in [0.25, 0.3) is 27.8 Å². The van der Waals surface area contributed by atoms with E-state index in [1.165, 1.54) is 13.2 Å². The second-order valence-electron chi connectivity index (χ2n) is 7.12. The largest absolute Gasteiger partial charge is 0.433 e.